The van der Waals surface area contributed by atoms with Crippen LogP contribution in [0.15, 0.2) is 29.2 Å². The van der Waals surface area contributed by atoms with Gasteiger partial charge in [-0.15, -0.1) is 11.8 Å². The Morgan fingerprint density at radius 2 is 1.94 bits per heavy atom. The van der Waals surface area contributed by atoms with Crippen LogP contribution in [0.3, 0.4) is 0 Å². The fourth-order valence-electron chi connectivity index (χ4n) is 1.88. The third kappa shape index (κ3) is 2.31. The Morgan fingerprint density at radius 3 is 2.41 bits per heavy atom. The van der Waals surface area contributed by atoms with Gasteiger partial charge in [-0.1, -0.05) is 19.1 Å². The van der Waals surface area contributed by atoms with Crippen molar-refractivity contribution in [1.29, 1.82) is 0 Å². The van der Waals surface area contributed by atoms with Gasteiger partial charge in [0.05, 0.1) is 0 Å². The molecule has 0 aliphatic heterocycles. The maximum Gasteiger partial charge on any atom is 0.153 e. The topological polar surface area (TPSA) is 43.8 Å². The number of hydrogen-bond acceptors (Lipinski definition) is 3. The van der Waals surface area contributed by atoms with Crippen molar-refractivity contribution in [1.82, 2.24) is 9.78 Å². The van der Waals surface area contributed by atoms with E-state index in [1.807, 2.05) is 30.4 Å². The van der Waals surface area contributed by atoms with Crippen molar-refractivity contribution in [2.75, 3.05) is 11.5 Å². The SMILES string of the molecule is CCSc1ccc(-c2c(N)nn(C)c2C)cc1. The zero-order valence-electron chi connectivity index (χ0n) is 10.4. The van der Waals surface area contributed by atoms with Crippen molar-refractivity contribution in [2.45, 2.75) is 18.7 Å². The number of thioether (sulfide) groups is 1. The predicted molar refractivity (Wildman–Crippen MR) is 74.2 cm³/mol. The summed E-state index contributed by atoms with van der Waals surface area (Å²) in [5.74, 6) is 1.69. The fraction of sp³-hybridized carbons (Fsp3) is 0.308. The van der Waals surface area contributed by atoms with Crippen molar-refractivity contribution in [3.8, 4) is 11.1 Å². The number of benzene rings is 1. The summed E-state index contributed by atoms with van der Waals surface area (Å²) >= 11 is 1.84. The minimum Gasteiger partial charge on any atom is -0.382 e. The highest BCUT2D eigenvalue weighted by Crippen LogP contribution is 2.30. The first kappa shape index (κ1) is 12.0. The van der Waals surface area contributed by atoms with Gasteiger partial charge in [-0.3, -0.25) is 4.68 Å². The van der Waals surface area contributed by atoms with Gasteiger partial charge in [0.1, 0.15) is 0 Å². The zero-order valence-corrected chi connectivity index (χ0v) is 11.2. The van der Waals surface area contributed by atoms with Crippen LogP contribution in [0.5, 0.6) is 0 Å². The molecule has 0 aliphatic carbocycles. The molecule has 0 aliphatic rings. The van der Waals surface area contributed by atoms with E-state index < -0.39 is 0 Å². The first-order chi connectivity index (χ1) is 8.13. The van der Waals surface area contributed by atoms with Crippen molar-refractivity contribution in [3.05, 3.63) is 30.0 Å². The lowest BCUT2D eigenvalue weighted by Gasteiger charge is -2.04. The second-order valence-electron chi connectivity index (χ2n) is 3.93. The summed E-state index contributed by atoms with van der Waals surface area (Å²) in [4.78, 5) is 1.29. The molecule has 4 heteroatoms. The molecule has 3 nitrogen and oxygen atoms in total. The van der Waals surface area contributed by atoms with Crippen LogP contribution < -0.4 is 5.73 Å². The fourth-order valence-corrected chi connectivity index (χ4v) is 2.54. The smallest absolute Gasteiger partial charge is 0.153 e. The summed E-state index contributed by atoms with van der Waals surface area (Å²) in [5, 5.41) is 4.23. The van der Waals surface area contributed by atoms with Crippen LogP contribution in [0.25, 0.3) is 11.1 Å². The lowest BCUT2D eigenvalue weighted by atomic mass is 10.1. The number of nitrogens with two attached hydrogens (primary N) is 1. The Hall–Kier alpha value is -1.42. The lowest BCUT2D eigenvalue weighted by Crippen LogP contribution is -1.93. The van der Waals surface area contributed by atoms with Gasteiger partial charge in [-0.2, -0.15) is 5.10 Å². The second-order valence-corrected chi connectivity index (χ2v) is 5.26. The summed E-state index contributed by atoms with van der Waals surface area (Å²) in [6, 6.07) is 8.49. The van der Waals surface area contributed by atoms with Gasteiger partial charge in [0, 0.05) is 23.2 Å². The molecule has 0 bridgehead atoms. The molecule has 2 rings (SSSR count). The molecule has 90 valence electrons. The minimum absolute atomic E-state index is 0.598. The third-order valence-electron chi connectivity index (χ3n) is 2.82. The Bertz CT molecular complexity index is 514. The molecular formula is C13H17N3S. The molecule has 1 aromatic heterocycles. The van der Waals surface area contributed by atoms with Crippen LogP contribution in [0.2, 0.25) is 0 Å². The Labute approximate surface area is 106 Å². The van der Waals surface area contributed by atoms with E-state index in [1.54, 1.807) is 0 Å². The highest BCUT2D eigenvalue weighted by Gasteiger charge is 2.11. The number of hydrogen-bond donors (Lipinski definition) is 1. The van der Waals surface area contributed by atoms with Gasteiger partial charge in [0.25, 0.3) is 0 Å². The lowest BCUT2D eigenvalue weighted by molar-refractivity contribution is 0.744. The normalized spacial score (nSPS) is 10.8. The van der Waals surface area contributed by atoms with Crippen molar-refractivity contribution >= 4 is 17.6 Å². The predicted octanol–water partition coefficient (Wildman–Crippen LogP) is 3.09. The number of nitrogen functional groups attached to an aromatic ring is 1. The van der Waals surface area contributed by atoms with E-state index in [-0.39, 0.29) is 0 Å². The van der Waals surface area contributed by atoms with Crippen LogP contribution in [0.4, 0.5) is 5.82 Å². The first-order valence-corrected chi connectivity index (χ1v) is 6.64. The van der Waals surface area contributed by atoms with Gasteiger partial charge in [0.15, 0.2) is 5.82 Å². The summed E-state index contributed by atoms with van der Waals surface area (Å²) < 4.78 is 1.82. The zero-order chi connectivity index (χ0) is 12.4. The Morgan fingerprint density at radius 1 is 1.29 bits per heavy atom. The molecule has 2 aromatic rings. The van der Waals surface area contributed by atoms with E-state index in [0.717, 1.165) is 22.6 Å². The highest BCUT2D eigenvalue weighted by molar-refractivity contribution is 7.99. The maximum atomic E-state index is 5.93. The molecular weight excluding hydrogens is 230 g/mol. The van der Waals surface area contributed by atoms with Gasteiger partial charge < -0.3 is 5.73 Å². The number of nitrogens with zero attached hydrogens (tertiary/aromatic N) is 2. The molecule has 1 aromatic carbocycles. The largest absolute Gasteiger partial charge is 0.382 e. The van der Waals surface area contributed by atoms with E-state index in [9.17, 15) is 0 Å². The van der Waals surface area contributed by atoms with Crippen LogP contribution in [0, 0.1) is 6.92 Å². The van der Waals surface area contributed by atoms with E-state index in [1.165, 1.54) is 4.90 Å². The summed E-state index contributed by atoms with van der Waals surface area (Å²) in [6.45, 7) is 4.19. The summed E-state index contributed by atoms with van der Waals surface area (Å²) in [5.41, 5.74) is 9.20. The van der Waals surface area contributed by atoms with Crippen LogP contribution in [0.1, 0.15) is 12.6 Å². The molecule has 0 saturated heterocycles. The highest BCUT2D eigenvalue weighted by atomic mass is 32.2. The summed E-state index contributed by atoms with van der Waals surface area (Å²) in [7, 11) is 1.91. The van der Waals surface area contributed by atoms with Crippen LogP contribution >= 0.6 is 11.8 Å². The second kappa shape index (κ2) is 4.84. The quantitative estimate of drug-likeness (QED) is 0.848. The number of rotatable bonds is 3. The molecule has 0 atom stereocenters. The van der Waals surface area contributed by atoms with Crippen LogP contribution in [-0.4, -0.2) is 15.5 Å². The Kier molecular flexibility index (Phi) is 3.43. The molecule has 17 heavy (non-hydrogen) atoms. The standard InChI is InChI=1S/C13H17N3S/c1-4-17-11-7-5-10(6-8-11)12-9(2)16(3)15-13(12)14/h5-8H,4H2,1-3H3,(H2,14,15). The van der Waals surface area contributed by atoms with E-state index in [4.69, 9.17) is 5.73 Å². The number of anilines is 1. The van der Waals surface area contributed by atoms with Gasteiger partial charge in [-0.05, 0) is 30.4 Å². The van der Waals surface area contributed by atoms with Crippen molar-refractivity contribution in [3.63, 3.8) is 0 Å². The molecule has 0 radical (unpaired) electrons. The number of aryl methyl sites for hydroxylation is 1. The monoisotopic (exact) mass is 247 g/mol. The average Bonchev–Trinajstić information content (AvgIpc) is 2.55. The first-order valence-electron chi connectivity index (χ1n) is 5.65. The van der Waals surface area contributed by atoms with Gasteiger partial charge in [0.2, 0.25) is 0 Å². The van der Waals surface area contributed by atoms with Gasteiger partial charge >= 0.3 is 0 Å². The molecule has 1 heterocycles. The molecule has 0 saturated carbocycles. The maximum absolute atomic E-state index is 5.93. The average molecular weight is 247 g/mol. The van der Waals surface area contributed by atoms with E-state index >= 15 is 0 Å². The van der Waals surface area contributed by atoms with Gasteiger partial charge in [-0.25, -0.2) is 0 Å². The molecule has 0 unspecified atom stereocenters. The number of aromatic nitrogens is 2. The molecule has 2 N–H and O–H groups in total. The van der Waals surface area contributed by atoms with E-state index in [2.05, 4.69) is 36.3 Å². The molecule has 0 amide bonds. The summed E-state index contributed by atoms with van der Waals surface area (Å²) in [6.07, 6.45) is 0. The molecule has 0 spiro atoms. The Balaban J connectivity index is 2.39. The minimum atomic E-state index is 0.598. The van der Waals surface area contributed by atoms with Crippen molar-refractivity contribution < 1.29 is 0 Å². The van der Waals surface area contributed by atoms with Crippen LogP contribution in [-0.2, 0) is 7.05 Å². The molecule has 0 fully saturated rings. The third-order valence-corrected chi connectivity index (χ3v) is 3.71. The van der Waals surface area contributed by atoms with E-state index in [0.29, 0.717) is 5.82 Å². The van der Waals surface area contributed by atoms with Crippen molar-refractivity contribution in [2.24, 2.45) is 7.05 Å².